The fraction of sp³-hybridized carbons (Fsp3) is 0.714. The molecule has 4 N–H and O–H groups in total. The van der Waals surface area contributed by atoms with E-state index in [-0.39, 0.29) is 17.9 Å². The molecule has 6 heteroatoms. The maximum Gasteiger partial charge on any atom is 0.223 e. The fourth-order valence-electron chi connectivity index (χ4n) is 2.69. The Morgan fingerprint density at radius 2 is 2.40 bits per heavy atom. The molecular weight excluding hydrogens is 256 g/mol. The lowest BCUT2D eigenvalue weighted by Gasteiger charge is -2.29. The lowest BCUT2D eigenvalue weighted by atomic mass is 9.84. The number of hydrogen-bond donors (Lipinski definition) is 3. The van der Waals surface area contributed by atoms with Crippen LogP contribution in [0.5, 0.6) is 0 Å². The highest BCUT2D eigenvalue weighted by atomic mass is 16.3. The Labute approximate surface area is 119 Å². The van der Waals surface area contributed by atoms with Gasteiger partial charge >= 0.3 is 0 Å². The summed E-state index contributed by atoms with van der Waals surface area (Å²) in [4.78, 5) is 16.4. The van der Waals surface area contributed by atoms with Crippen molar-refractivity contribution < 1.29 is 9.90 Å². The normalized spacial score (nSPS) is 26.4. The molecule has 0 aromatic carbocycles. The largest absolute Gasteiger partial charge is 0.392 e. The highest BCUT2D eigenvalue weighted by molar-refractivity contribution is 5.78. The number of nitrogens with one attached hydrogen (secondary N) is 1. The second-order valence-corrected chi connectivity index (χ2v) is 5.50. The van der Waals surface area contributed by atoms with Crippen LogP contribution in [0.15, 0.2) is 12.4 Å². The molecule has 0 spiro atoms. The van der Waals surface area contributed by atoms with Gasteiger partial charge in [-0.25, -0.2) is 4.98 Å². The first-order valence-corrected chi connectivity index (χ1v) is 7.33. The molecule has 1 saturated carbocycles. The summed E-state index contributed by atoms with van der Waals surface area (Å²) in [6.07, 6.45) is 6.10. The van der Waals surface area contributed by atoms with Gasteiger partial charge in [0.25, 0.3) is 0 Å². The summed E-state index contributed by atoms with van der Waals surface area (Å²) in [5, 5.41) is 12.5. The summed E-state index contributed by atoms with van der Waals surface area (Å²) in [6, 6.07) is -0.290. The minimum absolute atomic E-state index is 0.0124. The number of hydrogen-bond acceptors (Lipinski definition) is 4. The molecule has 1 aromatic rings. The number of carbonyl (C=O) groups excluding carboxylic acids is 1. The maximum atomic E-state index is 12.1. The van der Waals surface area contributed by atoms with Gasteiger partial charge in [-0.3, -0.25) is 4.79 Å². The van der Waals surface area contributed by atoms with E-state index in [1.807, 2.05) is 6.20 Å². The first kappa shape index (κ1) is 15.0. The predicted molar refractivity (Wildman–Crippen MR) is 75.7 cm³/mol. The molecule has 0 saturated heterocycles. The van der Waals surface area contributed by atoms with Crippen molar-refractivity contribution in [1.82, 2.24) is 14.9 Å². The zero-order valence-corrected chi connectivity index (χ0v) is 12.0. The second-order valence-electron chi connectivity index (χ2n) is 5.50. The molecule has 0 bridgehead atoms. The third-order valence-corrected chi connectivity index (χ3v) is 3.92. The van der Waals surface area contributed by atoms with Crippen molar-refractivity contribution in [2.45, 2.75) is 57.8 Å². The van der Waals surface area contributed by atoms with Crippen LogP contribution in [0.1, 0.15) is 38.4 Å². The van der Waals surface area contributed by atoms with Crippen molar-refractivity contribution in [1.29, 1.82) is 0 Å². The van der Waals surface area contributed by atoms with Gasteiger partial charge in [0.15, 0.2) is 0 Å². The number of nitrogens with zero attached hydrogens (tertiary/aromatic N) is 2. The van der Waals surface area contributed by atoms with E-state index in [2.05, 4.69) is 21.8 Å². The van der Waals surface area contributed by atoms with Crippen molar-refractivity contribution >= 4 is 5.91 Å². The molecule has 1 aliphatic rings. The van der Waals surface area contributed by atoms with Crippen LogP contribution in [0.25, 0.3) is 0 Å². The quantitative estimate of drug-likeness (QED) is 0.727. The molecule has 1 aliphatic carbocycles. The predicted octanol–water partition coefficient (Wildman–Crippen LogP) is 0.398. The van der Waals surface area contributed by atoms with Crippen LogP contribution in [0.3, 0.4) is 0 Å². The Kier molecular flexibility index (Phi) is 5.14. The average molecular weight is 280 g/mol. The van der Waals surface area contributed by atoms with E-state index < -0.39 is 6.10 Å². The summed E-state index contributed by atoms with van der Waals surface area (Å²) in [5.41, 5.74) is 5.81. The number of aliphatic hydroxyl groups is 1. The molecule has 6 nitrogen and oxygen atoms in total. The smallest absolute Gasteiger partial charge is 0.223 e. The third-order valence-electron chi connectivity index (χ3n) is 3.92. The molecule has 3 atom stereocenters. The summed E-state index contributed by atoms with van der Waals surface area (Å²) in [6.45, 7) is 3.46. The van der Waals surface area contributed by atoms with E-state index in [0.717, 1.165) is 18.8 Å². The third kappa shape index (κ3) is 3.58. The van der Waals surface area contributed by atoms with Crippen LogP contribution >= 0.6 is 0 Å². The van der Waals surface area contributed by atoms with Crippen LogP contribution < -0.4 is 11.1 Å². The molecule has 2 rings (SSSR count). The summed E-state index contributed by atoms with van der Waals surface area (Å²) < 4.78 is 2.05. The number of aliphatic hydroxyl groups excluding tert-OH is 1. The van der Waals surface area contributed by atoms with Crippen LogP contribution in [0, 0.1) is 5.92 Å². The van der Waals surface area contributed by atoms with Gasteiger partial charge in [-0.15, -0.1) is 0 Å². The second kappa shape index (κ2) is 6.85. The first-order valence-electron chi connectivity index (χ1n) is 7.33. The highest BCUT2D eigenvalue weighted by Crippen LogP contribution is 2.23. The van der Waals surface area contributed by atoms with Gasteiger partial charge < -0.3 is 20.7 Å². The van der Waals surface area contributed by atoms with Gasteiger partial charge in [-0.05, 0) is 25.7 Å². The van der Waals surface area contributed by atoms with Crippen molar-refractivity contribution in [2.24, 2.45) is 11.7 Å². The highest BCUT2D eigenvalue weighted by Gasteiger charge is 2.30. The van der Waals surface area contributed by atoms with Gasteiger partial charge in [0.1, 0.15) is 5.82 Å². The van der Waals surface area contributed by atoms with E-state index in [1.54, 1.807) is 6.20 Å². The van der Waals surface area contributed by atoms with Gasteiger partial charge in [0, 0.05) is 30.9 Å². The monoisotopic (exact) mass is 280 g/mol. The minimum Gasteiger partial charge on any atom is -0.392 e. The molecule has 0 unspecified atom stereocenters. The summed E-state index contributed by atoms with van der Waals surface area (Å²) >= 11 is 0. The van der Waals surface area contributed by atoms with Crippen LogP contribution in [0.2, 0.25) is 0 Å². The Bertz CT molecular complexity index is 446. The van der Waals surface area contributed by atoms with Gasteiger partial charge in [-0.1, -0.05) is 6.92 Å². The first-order chi connectivity index (χ1) is 9.61. The topological polar surface area (TPSA) is 93.2 Å². The number of aryl methyl sites for hydroxylation is 1. The van der Waals surface area contributed by atoms with Crippen LogP contribution in [-0.2, 0) is 17.9 Å². The lowest BCUT2D eigenvalue weighted by Crippen LogP contribution is -2.44. The van der Waals surface area contributed by atoms with E-state index in [0.29, 0.717) is 25.8 Å². The van der Waals surface area contributed by atoms with Crippen molar-refractivity contribution in [3.63, 3.8) is 0 Å². The van der Waals surface area contributed by atoms with Crippen molar-refractivity contribution in [2.75, 3.05) is 0 Å². The number of aromatic nitrogens is 2. The van der Waals surface area contributed by atoms with E-state index in [4.69, 9.17) is 5.73 Å². The molecular formula is C14H24N4O2. The average Bonchev–Trinajstić information content (AvgIpc) is 2.87. The summed E-state index contributed by atoms with van der Waals surface area (Å²) in [5.74, 6) is 0.793. The number of imidazole rings is 1. The summed E-state index contributed by atoms with van der Waals surface area (Å²) in [7, 11) is 0. The van der Waals surface area contributed by atoms with E-state index in [9.17, 15) is 9.90 Å². The molecule has 20 heavy (non-hydrogen) atoms. The van der Waals surface area contributed by atoms with E-state index in [1.165, 1.54) is 0 Å². The Morgan fingerprint density at radius 3 is 3.10 bits per heavy atom. The molecule has 1 amide bonds. The van der Waals surface area contributed by atoms with Gasteiger partial charge in [0.05, 0.1) is 12.6 Å². The number of amides is 1. The standard InChI is InChI=1S/C14H24N4O2/c1-2-6-18-7-5-16-13(18)9-17-14(20)10-3-4-12(19)11(15)8-10/h5,7,10-12,19H,2-4,6,8-9,15H2,1H3,(H,17,20)/t10-,11+,12+/m0/s1. The Morgan fingerprint density at radius 1 is 1.60 bits per heavy atom. The molecule has 1 aromatic heterocycles. The SMILES string of the molecule is CCCn1ccnc1CNC(=O)[C@H]1CC[C@@H](O)[C@H](N)C1. The maximum absolute atomic E-state index is 12.1. The zero-order valence-electron chi connectivity index (χ0n) is 12.0. The zero-order chi connectivity index (χ0) is 14.5. The fourth-order valence-corrected chi connectivity index (χ4v) is 2.69. The molecule has 0 radical (unpaired) electrons. The number of carbonyl (C=O) groups is 1. The van der Waals surface area contributed by atoms with E-state index >= 15 is 0 Å². The lowest BCUT2D eigenvalue weighted by molar-refractivity contribution is -0.127. The molecule has 112 valence electrons. The Hall–Kier alpha value is -1.40. The number of nitrogens with two attached hydrogens (primary N) is 1. The molecule has 0 aliphatic heterocycles. The van der Waals surface area contributed by atoms with Crippen molar-refractivity contribution in [3.05, 3.63) is 18.2 Å². The van der Waals surface area contributed by atoms with Gasteiger partial charge in [0.2, 0.25) is 5.91 Å². The minimum atomic E-state index is -0.470. The number of rotatable bonds is 5. The Balaban J connectivity index is 1.84. The van der Waals surface area contributed by atoms with Gasteiger partial charge in [-0.2, -0.15) is 0 Å². The van der Waals surface area contributed by atoms with Crippen LogP contribution in [-0.4, -0.2) is 32.7 Å². The van der Waals surface area contributed by atoms with Crippen LogP contribution in [0.4, 0.5) is 0 Å². The molecule has 1 heterocycles. The van der Waals surface area contributed by atoms with Crippen molar-refractivity contribution in [3.8, 4) is 0 Å². The molecule has 1 fully saturated rings.